The minimum atomic E-state index is -0.817. The lowest BCUT2D eigenvalue weighted by molar-refractivity contribution is 0.672. The van der Waals surface area contributed by atoms with Crippen molar-refractivity contribution in [2.45, 2.75) is 24.6 Å². The maximum atomic E-state index is 11.8. The molecule has 1 fully saturated rings. The van der Waals surface area contributed by atoms with E-state index < -0.39 is 10.8 Å². The van der Waals surface area contributed by atoms with E-state index in [1.165, 1.54) is 12.8 Å². The highest BCUT2D eigenvalue weighted by Gasteiger charge is 2.19. The first-order valence-corrected chi connectivity index (χ1v) is 7.44. The van der Waals surface area contributed by atoms with Crippen LogP contribution >= 0.6 is 11.6 Å². The van der Waals surface area contributed by atoms with Gasteiger partial charge >= 0.3 is 0 Å². The summed E-state index contributed by atoms with van der Waals surface area (Å²) in [6.07, 6.45) is 2.55. The Kier molecular flexibility index (Phi) is 4.38. The van der Waals surface area contributed by atoms with Gasteiger partial charge in [0.2, 0.25) is 0 Å². The van der Waals surface area contributed by atoms with Crippen molar-refractivity contribution in [1.29, 1.82) is 0 Å². The van der Waals surface area contributed by atoms with Crippen LogP contribution in [0.3, 0.4) is 0 Å². The molecule has 1 aliphatic carbocycles. The third-order valence-electron chi connectivity index (χ3n) is 2.61. The van der Waals surface area contributed by atoms with Crippen LogP contribution in [-0.4, -0.2) is 22.5 Å². The van der Waals surface area contributed by atoms with Crippen LogP contribution in [0.2, 0.25) is 5.02 Å². The van der Waals surface area contributed by atoms with E-state index in [0.717, 1.165) is 12.1 Å². The van der Waals surface area contributed by atoms with Crippen molar-refractivity contribution in [3.63, 3.8) is 0 Å². The van der Waals surface area contributed by atoms with Crippen molar-refractivity contribution in [3.8, 4) is 0 Å². The van der Waals surface area contributed by atoms with Crippen LogP contribution in [0, 0.1) is 0 Å². The molecule has 0 radical (unpaired) electrons. The molecule has 1 aromatic carbocycles. The fourth-order valence-electron chi connectivity index (χ4n) is 1.53. The van der Waals surface area contributed by atoms with Gasteiger partial charge in [-0.05, 0) is 24.5 Å². The molecule has 4 heteroatoms. The molecule has 0 aromatic heterocycles. The van der Waals surface area contributed by atoms with Gasteiger partial charge < -0.3 is 5.32 Å². The number of hydrogen-bond acceptors (Lipinski definition) is 2. The second-order valence-corrected chi connectivity index (χ2v) is 6.09. The summed E-state index contributed by atoms with van der Waals surface area (Å²) in [5.74, 6) is 1.27. The number of halogens is 1. The molecule has 1 unspecified atom stereocenters. The molecule has 88 valence electrons. The Labute approximate surface area is 104 Å². The second kappa shape index (κ2) is 5.80. The van der Waals surface area contributed by atoms with E-state index in [4.69, 9.17) is 11.6 Å². The summed E-state index contributed by atoms with van der Waals surface area (Å²) in [4.78, 5) is 0. The summed E-state index contributed by atoms with van der Waals surface area (Å²) in [5, 5.41) is 4.08. The van der Waals surface area contributed by atoms with E-state index in [9.17, 15) is 4.21 Å². The van der Waals surface area contributed by atoms with Crippen LogP contribution in [0.1, 0.15) is 18.4 Å². The molecule has 2 nitrogen and oxygen atoms in total. The average molecular weight is 258 g/mol. The van der Waals surface area contributed by atoms with Crippen LogP contribution in [0.4, 0.5) is 0 Å². The third kappa shape index (κ3) is 3.89. The van der Waals surface area contributed by atoms with Crippen molar-refractivity contribution in [2.24, 2.45) is 0 Å². The predicted molar refractivity (Wildman–Crippen MR) is 69.2 cm³/mol. The summed E-state index contributed by atoms with van der Waals surface area (Å²) in [6, 6.07) is 8.30. The van der Waals surface area contributed by atoms with Crippen LogP contribution < -0.4 is 5.32 Å². The van der Waals surface area contributed by atoms with Crippen molar-refractivity contribution in [3.05, 3.63) is 34.9 Å². The van der Waals surface area contributed by atoms with Gasteiger partial charge in [0, 0.05) is 34.2 Å². The maximum Gasteiger partial charge on any atom is 0.0500 e. The van der Waals surface area contributed by atoms with Gasteiger partial charge in [-0.15, -0.1) is 0 Å². The van der Waals surface area contributed by atoms with Crippen LogP contribution in [-0.2, 0) is 16.6 Å². The van der Waals surface area contributed by atoms with E-state index in [-0.39, 0.29) is 0 Å². The largest absolute Gasteiger partial charge is 0.313 e. The Morgan fingerprint density at radius 1 is 1.38 bits per heavy atom. The zero-order valence-electron chi connectivity index (χ0n) is 9.12. The summed E-state index contributed by atoms with van der Waals surface area (Å²) in [6.45, 7) is 0.849. The molecule has 0 aliphatic heterocycles. The second-order valence-electron chi connectivity index (χ2n) is 4.11. The first-order chi connectivity index (χ1) is 7.75. The van der Waals surface area contributed by atoms with E-state index >= 15 is 0 Å². The van der Waals surface area contributed by atoms with E-state index in [1.54, 1.807) is 0 Å². The molecule has 0 amide bonds. The molecule has 1 atom stereocenters. The van der Waals surface area contributed by atoms with E-state index in [0.29, 0.717) is 22.6 Å². The Morgan fingerprint density at radius 2 is 2.12 bits per heavy atom. The molecule has 1 saturated carbocycles. The van der Waals surface area contributed by atoms with Gasteiger partial charge in [0.05, 0.1) is 5.75 Å². The van der Waals surface area contributed by atoms with Gasteiger partial charge in [0.25, 0.3) is 0 Å². The molecule has 0 saturated heterocycles. The number of hydrogen-bond donors (Lipinski definition) is 1. The molecule has 1 aliphatic rings. The topological polar surface area (TPSA) is 29.1 Å². The maximum absolute atomic E-state index is 11.8. The molecule has 0 spiro atoms. The lowest BCUT2D eigenvalue weighted by Crippen LogP contribution is -2.22. The summed E-state index contributed by atoms with van der Waals surface area (Å²) < 4.78 is 11.8. The Balaban J connectivity index is 1.75. The average Bonchev–Trinajstić information content (AvgIpc) is 3.05. The van der Waals surface area contributed by atoms with Crippen LogP contribution in [0.5, 0.6) is 0 Å². The quantitative estimate of drug-likeness (QED) is 0.848. The molecule has 1 N–H and O–H groups in total. The third-order valence-corrected chi connectivity index (χ3v) is 4.28. The molecule has 0 bridgehead atoms. The van der Waals surface area contributed by atoms with Crippen molar-refractivity contribution < 1.29 is 4.21 Å². The first-order valence-electron chi connectivity index (χ1n) is 5.57. The molecule has 1 aromatic rings. The zero-order chi connectivity index (χ0) is 11.4. The number of benzene rings is 1. The Hall–Kier alpha value is -0.380. The smallest absolute Gasteiger partial charge is 0.0500 e. The highest BCUT2D eigenvalue weighted by molar-refractivity contribution is 7.84. The molecular weight excluding hydrogens is 242 g/mol. The van der Waals surface area contributed by atoms with Gasteiger partial charge in [0.1, 0.15) is 0 Å². The lowest BCUT2D eigenvalue weighted by atomic mass is 10.2. The highest BCUT2D eigenvalue weighted by Crippen LogP contribution is 2.18. The van der Waals surface area contributed by atoms with Crippen LogP contribution in [0.15, 0.2) is 24.3 Å². The minimum Gasteiger partial charge on any atom is -0.313 e. The Morgan fingerprint density at radius 3 is 2.81 bits per heavy atom. The van der Waals surface area contributed by atoms with Crippen LogP contribution in [0.25, 0.3) is 0 Å². The highest BCUT2D eigenvalue weighted by atomic mass is 35.5. The number of nitrogens with one attached hydrogen (secondary N) is 1. The van der Waals surface area contributed by atoms with E-state index in [2.05, 4.69) is 5.32 Å². The summed E-state index contributed by atoms with van der Waals surface area (Å²) in [5.41, 5.74) is 0.980. The van der Waals surface area contributed by atoms with Gasteiger partial charge in [-0.25, -0.2) is 0 Å². The van der Waals surface area contributed by atoms with Crippen molar-refractivity contribution >= 4 is 22.4 Å². The van der Waals surface area contributed by atoms with Gasteiger partial charge in [-0.2, -0.15) is 0 Å². The fraction of sp³-hybridized carbons (Fsp3) is 0.500. The van der Waals surface area contributed by atoms with E-state index in [1.807, 2.05) is 24.3 Å². The van der Waals surface area contributed by atoms with Gasteiger partial charge in [0.15, 0.2) is 0 Å². The van der Waals surface area contributed by atoms with Gasteiger partial charge in [-0.1, -0.05) is 29.8 Å². The fourth-order valence-corrected chi connectivity index (χ4v) is 2.90. The molecule has 0 heterocycles. The lowest BCUT2D eigenvalue weighted by Gasteiger charge is -2.05. The molecule has 2 rings (SSSR count). The normalized spacial score (nSPS) is 17.3. The predicted octanol–water partition coefficient (Wildman–Crippen LogP) is 2.34. The minimum absolute atomic E-state index is 0.562. The zero-order valence-corrected chi connectivity index (χ0v) is 10.7. The number of rotatable bonds is 6. The SMILES string of the molecule is O=S(CCNC1CC1)Cc1ccccc1Cl. The van der Waals surface area contributed by atoms with Crippen molar-refractivity contribution in [1.82, 2.24) is 5.32 Å². The van der Waals surface area contributed by atoms with Gasteiger partial charge in [-0.3, -0.25) is 4.21 Å². The molecule has 16 heavy (non-hydrogen) atoms. The monoisotopic (exact) mass is 257 g/mol. The Bertz CT molecular complexity index is 379. The molecular formula is C12H16ClNOS. The van der Waals surface area contributed by atoms with Crippen molar-refractivity contribution in [2.75, 3.05) is 12.3 Å². The summed E-state index contributed by atoms with van der Waals surface area (Å²) >= 11 is 6.01. The standard InChI is InChI=1S/C12H16ClNOS/c13-12-4-2-1-3-10(12)9-16(15)8-7-14-11-5-6-11/h1-4,11,14H,5-9H2. The summed E-state index contributed by atoms with van der Waals surface area (Å²) in [7, 11) is -0.817. The first kappa shape index (κ1) is 12.1.